The lowest BCUT2D eigenvalue weighted by molar-refractivity contribution is 0.0301. The first kappa shape index (κ1) is 15.7. The predicted molar refractivity (Wildman–Crippen MR) is 85.8 cm³/mol. The maximum absolute atomic E-state index is 11.9. The molecule has 2 rings (SSSR count). The number of ether oxygens (including phenoxy) is 1. The van der Waals surface area contributed by atoms with Crippen LogP contribution in [0.1, 0.15) is 38.3 Å². The van der Waals surface area contributed by atoms with Gasteiger partial charge in [-0.3, -0.25) is 0 Å². The molecule has 116 valence electrons. The Morgan fingerprint density at radius 1 is 1.38 bits per heavy atom. The van der Waals surface area contributed by atoms with Gasteiger partial charge in [0, 0.05) is 25.8 Å². The van der Waals surface area contributed by atoms with Crippen LogP contribution in [0.25, 0.3) is 0 Å². The van der Waals surface area contributed by atoms with Crippen LogP contribution in [-0.4, -0.2) is 36.7 Å². The van der Waals surface area contributed by atoms with E-state index in [-0.39, 0.29) is 6.09 Å². The molecule has 21 heavy (non-hydrogen) atoms. The number of amides is 1. The lowest BCUT2D eigenvalue weighted by atomic mass is 9.99. The third kappa shape index (κ3) is 4.66. The Balaban J connectivity index is 1.89. The lowest BCUT2D eigenvalue weighted by Gasteiger charge is -2.25. The highest BCUT2D eigenvalue weighted by atomic mass is 16.6. The molecule has 4 nitrogen and oxygen atoms in total. The molecule has 0 bridgehead atoms. The summed E-state index contributed by atoms with van der Waals surface area (Å²) in [6, 6.07) is 6.54. The highest BCUT2D eigenvalue weighted by molar-refractivity contribution is 5.67. The van der Waals surface area contributed by atoms with Crippen molar-refractivity contribution in [3.05, 3.63) is 29.3 Å². The highest BCUT2D eigenvalue weighted by Crippen LogP contribution is 2.23. The van der Waals surface area contributed by atoms with Crippen LogP contribution in [0.4, 0.5) is 10.5 Å². The van der Waals surface area contributed by atoms with Crippen molar-refractivity contribution in [2.24, 2.45) is 0 Å². The Kier molecular flexibility index (Phi) is 4.76. The number of hydrogen-bond donors (Lipinski definition) is 1. The fourth-order valence-electron chi connectivity index (χ4n) is 2.41. The topological polar surface area (TPSA) is 41.6 Å². The molecule has 0 unspecified atom stereocenters. The Hall–Kier alpha value is -1.71. The van der Waals surface area contributed by atoms with Gasteiger partial charge in [0.1, 0.15) is 5.60 Å². The number of hydrogen-bond acceptors (Lipinski definition) is 3. The third-order valence-corrected chi connectivity index (χ3v) is 3.55. The van der Waals surface area contributed by atoms with Gasteiger partial charge in [0.05, 0.1) is 0 Å². The number of carbonyl (C=O) groups is 1. The second-order valence-corrected chi connectivity index (χ2v) is 6.67. The Morgan fingerprint density at radius 2 is 2.14 bits per heavy atom. The Morgan fingerprint density at radius 3 is 2.86 bits per heavy atom. The van der Waals surface area contributed by atoms with Gasteiger partial charge in [0.15, 0.2) is 0 Å². The molecule has 0 saturated carbocycles. The van der Waals surface area contributed by atoms with E-state index in [0.717, 1.165) is 19.4 Å². The van der Waals surface area contributed by atoms with E-state index in [1.165, 1.54) is 23.2 Å². The smallest absolute Gasteiger partial charge is 0.410 e. The largest absolute Gasteiger partial charge is 0.444 e. The molecule has 1 heterocycles. The molecule has 1 aromatic carbocycles. The molecule has 0 spiro atoms. The van der Waals surface area contributed by atoms with E-state index >= 15 is 0 Å². The third-order valence-electron chi connectivity index (χ3n) is 3.55. The van der Waals surface area contributed by atoms with Gasteiger partial charge in [0.2, 0.25) is 0 Å². The van der Waals surface area contributed by atoms with Crippen molar-refractivity contribution in [3.63, 3.8) is 0 Å². The average molecular weight is 290 g/mol. The zero-order chi connectivity index (χ0) is 15.5. The van der Waals surface area contributed by atoms with Crippen molar-refractivity contribution >= 4 is 11.8 Å². The minimum Gasteiger partial charge on any atom is -0.444 e. The fraction of sp³-hybridized carbons (Fsp3) is 0.588. The maximum atomic E-state index is 11.9. The Bertz CT molecular complexity index is 506. The van der Waals surface area contributed by atoms with Gasteiger partial charge in [-0.1, -0.05) is 12.1 Å². The molecule has 0 fully saturated rings. The van der Waals surface area contributed by atoms with Crippen molar-refractivity contribution in [3.8, 4) is 0 Å². The van der Waals surface area contributed by atoms with E-state index in [0.29, 0.717) is 6.54 Å². The molecular weight excluding hydrogens is 264 g/mol. The SMILES string of the molecule is CN(CCc1ccc2c(c1)CCCN2)C(=O)OC(C)(C)C. The van der Waals surface area contributed by atoms with Crippen LogP contribution in [0.3, 0.4) is 0 Å². The first-order chi connectivity index (χ1) is 9.85. The Labute approximate surface area is 127 Å². The number of fused-ring (bicyclic) bond motifs is 1. The second kappa shape index (κ2) is 6.37. The molecule has 4 heteroatoms. The summed E-state index contributed by atoms with van der Waals surface area (Å²) < 4.78 is 5.36. The summed E-state index contributed by atoms with van der Waals surface area (Å²) >= 11 is 0. The zero-order valence-electron chi connectivity index (χ0n) is 13.5. The van der Waals surface area contributed by atoms with Crippen molar-refractivity contribution in [1.29, 1.82) is 0 Å². The number of aryl methyl sites for hydroxylation is 1. The van der Waals surface area contributed by atoms with Gasteiger partial charge >= 0.3 is 6.09 Å². The van der Waals surface area contributed by atoms with Gasteiger partial charge in [-0.05, 0) is 57.2 Å². The standard InChI is InChI=1S/C17H26N2O2/c1-17(2,3)21-16(20)19(4)11-9-13-7-8-15-14(12-13)6-5-10-18-15/h7-8,12,18H,5-6,9-11H2,1-4H3. The van der Waals surface area contributed by atoms with Crippen LogP contribution < -0.4 is 5.32 Å². The number of anilines is 1. The summed E-state index contributed by atoms with van der Waals surface area (Å²) in [7, 11) is 1.79. The van der Waals surface area contributed by atoms with Crippen molar-refractivity contribution in [1.82, 2.24) is 4.90 Å². The van der Waals surface area contributed by atoms with Crippen molar-refractivity contribution in [2.75, 3.05) is 25.5 Å². The molecule has 0 radical (unpaired) electrons. The van der Waals surface area contributed by atoms with Crippen LogP contribution in [-0.2, 0) is 17.6 Å². The van der Waals surface area contributed by atoms with E-state index in [9.17, 15) is 4.79 Å². The lowest BCUT2D eigenvalue weighted by Crippen LogP contribution is -2.35. The zero-order valence-corrected chi connectivity index (χ0v) is 13.5. The molecule has 0 aliphatic carbocycles. The number of likely N-dealkylation sites (N-methyl/N-ethyl adjacent to an activating group) is 1. The molecule has 1 N–H and O–H groups in total. The first-order valence-electron chi connectivity index (χ1n) is 7.65. The highest BCUT2D eigenvalue weighted by Gasteiger charge is 2.19. The number of nitrogens with one attached hydrogen (secondary N) is 1. The maximum Gasteiger partial charge on any atom is 0.410 e. The normalized spacial score (nSPS) is 14.1. The summed E-state index contributed by atoms with van der Waals surface area (Å²) in [6.07, 6.45) is 2.91. The van der Waals surface area contributed by atoms with Crippen molar-refractivity contribution in [2.45, 2.75) is 45.6 Å². The van der Waals surface area contributed by atoms with Crippen LogP contribution in [0.2, 0.25) is 0 Å². The quantitative estimate of drug-likeness (QED) is 0.927. The summed E-state index contributed by atoms with van der Waals surface area (Å²) in [5, 5.41) is 3.41. The van der Waals surface area contributed by atoms with E-state index in [2.05, 4.69) is 23.5 Å². The van der Waals surface area contributed by atoms with Gasteiger partial charge in [-0.25, -0.2) is 4.79 Å². The molecule has 1 amide bonds. The average Bonchev–Trinajstić information content (AvgIpc) is 2.42. The van der Waals surface area contributed by atoms with E-state index in [1.54, 1.807) is 11.9 Å². The first-order valence-corrected chi connectivity index (χ1v) is 7.65. The van der Waals surface area contributed by atoms with Gasteiger partial charge in [-0.15, -0.1) is 0 Å². The van der Waals surface area contributed by atoms with E-state index < -0.39 is 5.60 Å². The summed E-state index contributed by atoms with van der Waals surface area (Å²) in [5.74, 6) is 0. The number of rotatable bonds is 3. The van der Waals surface area contributed by atoms with Crippen molar-refractivity contribution < 1.29 is 9.53 Å². The molecule has 1 aliphatic rings. The molecule has 1 aromatic rings. The molecule has 1 aliphatic heterocycles. The molecule has 0 atom stereocenters. The molecule has 0 saturated heterocycles. The van der Waals surface area contributed by atoms with Gasteiger partial charge in [0.25, 0.3) is 0 Å². The molecule has 0 aromatic heterocycles. The van der Waals surface area contributed by atoms with Gasteiger partial charge in [-0.2, -0.15) is 0 Å². The van der Waals surface area contributed by atoms with Crippen LogP contribution >= 0.6 is 0 Å². The van der Waals surface area contributed by atoms with E-state index in [1.807, 2.05) is 20.8 Å². The fourth-order valence-corrected chi connectivity index (χ4v) is 2.41. The number of nitrogens with zero attached hydrogens (tertiary/aromatic N) is 1. The van der Waals surface area contributed by atoms with Gasteiger partial charge < -0.3 is 15.0 Å². The molecular formula is C17H26N2O2. The van der Waals surface area contributed by atoms with E-state index in [4.69, 9.17) is 4.74 Å². The predicted octanol–water partition coefficient (Wildman–Crippen LogP) is 3.45. The van der Waals surface area contributed by atoms with Crippen LogP contribution in [0, 0.1) is 0 Å². The monoisotopic (exact) mass is 290 g/mol. The van der Waals surface area contributed by atoms with Crippen LogP contribution in [0.15, 0.2) is 18.2 Å². The minimum absolute atomic E-state index is 0.262. The summed E-state index contributed by atoms with van der Waals surface area (Å²) in [4.78, 5) is 13.5. The van der Waals surface area contributed by atoms with Crippen LogP contribution in [0.5, 0.6) is 0 Å². The minimum atomic E-state index is -0.442. The summed E-state index contributed by atoms with van der Waals surface area (Å²) in [5.41, 5.74) is 3.47. The number of benzene rings is 1. The second-order valence-electron chi connectivity index (χ2n) is 6.67. The number of carbonyl (C=O) groups excluding carboxylic acids is 1. The summed E-state index contributed by atoms with van der Waals surface area (Å²) in [6.45, 7) is 7.38.